The number of carbonyl (C=O) groups excluding carboxylic acids is 1. The summed E-state index contributed by atoms with van der Waals surface area (Å²) in [5, 5.41) is 11.3. The second kappa shape index (κ2) is 6.24. The van der Waals surface area contributed by atoms with E-state index in [0.29, 0.717) is 19.4 Å². The Morgan fingerprint density at radius 2 is 2.27 bits per heavy atom. The standard InChI is InChI=1S/C11H17NO3/c1-9-5-6-10(15-9)8-12-11(14)4-2-3-7-13/h5-6,13H,2-4,7-8H2,1H3,(H,12,14). The third kappa shape index (κ3) is 4.65. The highest BCUT2D eigenvalue weighted by Crippen LogP contribution is 2.05. The minimum atomic E-state index is -0.00231. The molecular formula is C11H17NO3. The van der Waals surface area contributed by atoms with Crippen molar-refractivity contribution in [2.45, 2.75) is 32.7 Å². The molecule has 0 saturated carbocycles. The van der Waals surface area contributed by atoms with Gasteiger partial charge in [-0.1, -0.05) is 0 Å². The Balaban J connectivity index is 2.16. The molecule has 2 N–H and O–H groups in total. The number of unbranched alkanes of at least 4 members (excludes halogenated alkanes) is 1. The third-order valence-electron chi connectivity index (χ3n) is 2.07. The minimum absolute atomic E-state index is 0.00231. The fraction of sp³-hybridized carbons (Fsp3) is 0.545. The van der Waals surface area contributed by atoms with E-state index in [1.165, 1.54) is 0 Å². The minimum Gasteiger partial charge on any atom is -0.465 e. The van der Waals surface area contributed by atoms with Gasteiger partial charge >= 0.3 is 0 Å². The quantitative estimate of drug-likeness (QED) is 0.698. The molecule has 84 valence electrons. The predicted octanol–water partition coefficient (Wildman–Crippen LogP) is 1.37. The zero-order chi connectivity index (χ0) is 11.1. The van der Waals surface area contributed by atoms with Crippen LogP contribution in [-0.4, -0.2) is 17.6 Å². The van der Waals surface area contributed by atoms with Gasteiger partial charge in [-0.2, -0.15) is 0 Å². The van der Waals surface area contributed by atoms with E-state index in [2.05, 4.69) is 5.32 Å². The van der Waals surface area contributed by atoms with Crippen LogP contribution in [0.4, 0.5) is 0 Å². The van der Waals surface area contributed by atoms with Crippen LogP contribution in [0.2, 0.25) is 0 Å². The van der Waals surface area contributed by atoms with Crippen molar-refractivity contribution in [3.05, 3.63) is 23.7 Å². The molecule has 1 amide bonds. The largest absolute Gasteiger partial charge is 0.465 e. The molecule has 1 rings (SSSR count). The number of aryl methyl sites for hydroxylation is 1. The Hall–Kier alpha value is -1.29. The second-order valence-corrected chi connectivity index (χ2v) is 3.47. The fourth-order valence-corrected chi connectivity index (χ4v) is 1.25. The van der Waals surface area contributed by atoms with Crippen molar-refractivity contribution in [1.29, 1.82) is 0 Å². The summed E-state index contributed by atoms with van der Waals surface area (Å²) in [4.78, 5) is 11.3. The Bertz CT molecular complexity index is 307. The van der Waals surface area contributed by atoms with Gasteiger partial charge in [0, 0.05) is 13.0 Å². The molecule has 0 atom stereocenters. The molecule has 4 heteroatoms. The number of nitrogens with one attached hydrogen (secondary N) is 1. The fourth-order valence-electron chi connectivity index (χ4n) is 1.25. The Morgan fingerprint density at radius 1 is 1.47 bits per heavy atom. The molecule has 0 radical (unpaired) electrons. The first-order chi connectivity index (χ1) is 7.22. The van der Waals surface area contributed by atoms with Gasteiger partial charge in [0.15, 0.2) is 0 Å². The molecule has 4 nitrogen and oxygen atoms in total. The van der Waals surface area contributed by atoms with Crippen LogP contribution < -0.4 is 5.32 Å². The van der Waals surface area contributed by atoms with Gasteiger partial charge in [0.1, 0.15) is 11.5 Å². The number of furan rings is 1. The van der Waals surface area contributed by atoms with Crippen LogP contribution in [0.15, 0.2) is 16.5 Å². The van der Waals surface area contributed by atoms with Gasteiger partial charge in [-0.15, -0.1) is 0 Å². The van der Waals surface area contributed by atoms with E-state index in [1.807, 2.05) is 19.1 Å². The maximum absolute atomic E-state index is 11.3. The van der Waals surface area contributed by atoms with E-state index in [0.717, 1.165) is 17.9 Å². The first-order valence-corrected chi connectivity index (χ1v) is 5.15. The van der Waals surface area contributed by atoms with Crippen molar-refractivity contribution in [1.82, 2.24) is 5.32 Å². The lowest BCUT2D eigenvalue weighted by Crippen LogP contribution is -2.22. The van der Waals surface area contributed by atoms with Gasteiger partial charge in [0.25, 0.3) is 0 Å². The highest BCUT2D eigenvalue weighted by Gasteiger charge is 2.02. The SMILES string of the molecule is Cc1ccc(CNC(=O)CCCCO)o1. The molecule has 1 heterocycles. The van der Waals surface area contributed by atoms with Crippen LogP contribution in [0.1, 0.15) is 30.8 Å². The summed E-state index contributed by atoms with van der Waals surface area (Å²) < 4.78 is 5.30. The molecule has 0 aliphatic rings. The van der Waals surface area contributed by atoms with E-state index in [4.69, 9.17) is 9.52 Å². The third-order valence-corrected chi connectivity index (χ3v) is 2.07. The zero-order valence-corrected chi connectivity index (χ0v) is 8.95. The number of aliphatic hydroxyl groups excluding tert-OH is 1. The van der Waals surface area contributed by atoms with Gasteiger partial charge in [-0.3, -0.25) is 4.79 Å². The molecule has 0 fully saturated rings. The highest BCUT2D eigenvalue weighted by atomic mass is 16.3. The topological polar surface area (TPSA) is 62.5 Å². The van der Waals surface area contributed by atoms with Crippen molar-refractivity contribution in [2.24, 2.45) is 0 Å². The smallest absolute Gasteiger partial charge is 0.220 e. The molecule has 0 aliphatic carbocycles. The number of rotatable bonds is 6. The van der Waals surface area contributed by atoms with Crippen molar-refractivity contribution in [2.75, 3.05) is 6.61 Å². The van der Waals surface area contributed by atoms with E-state index in [9.17, 15) is 4.79 Å². The number of carbonyl (C=O) groups is 1. The lowest BCUT2D eigenvalue weighted by atomic mass is 10.2. The summed E-state index contributed by atoms with van der Waals surface area (Å²) in [5.74, 6) is 1.61. The van der Waals surface area contributed by atoms with Gasteiger partial charge in [0.05, 0.1) is 6.54 Å². The normalized spacial score (nSPS) is 10.3. The van der Waals surface area contributed by atoms with Crippen molar-refractivity contribution < 1.29 is 14.3 Å². The van der Waals surface area contributed by atoms with E-state index >= 15 is 0 Å². The lowest BCUT2D eigenvalue weighted by Gasteiger charge is -2.02. The Labute approximate surface area is 89.3 Å². The molecule has 0 unspecified atom stereocenters. The first-order valence-electron chi connectivity index (χ1n) is 5.15. The second-order valence-electron chi connectivity index (χ2n) is 3.47. The summed E-state index contributed by atoms with van der Waals surface area (Å²) in [6.07, 6.45) is 1.85. The molecule has 0 aromatic carbocycles. The van der Waals surface area contributed by atoms with Crippen LogP contribution >= 0.6 is 0 Å². The summed E-state index contributed by atoms with van der Waals surface area (Å²) in [7, 11) is 0. The van der Waals surface area contributed by atoms with Crippen LogP contribution in [0.25, 0.3) is 0 Å². The van der Waals surface area contributed by atoms with Crippen molar-refractivity contribution >= 4 is 5.91 Å². The Kier molecular flexibility index (Phi) is 4.90. The van der Waals surface area contributed by atoms with Gasteiger partial charge < -0.3 is 14.8 Å². The average Bonchev–Trinajstić information content (AvgIpc) is 2.62. The highest BCUT2D eigenvalue weighted by molar-refractivity contribution is 5.75. The molecule has 0 spiro atoms. The predicted molar refractivity (Wildman–Crippen MR) is 56.2 cm³/mol. The van der Waals surface area contributed by atoms with E-state index in [-0.39, 0.29) is 12.5 Å². The van der Waals surface area contributed by atoms with Crippen LogP contribution in [0.3, 0.4) is 0 Å². The van der Waals surface area contributed by atoms with Crippen molar-refractivity contribution in [3.8, 4) is 0 Å². The molecule has 1 aromatic rings. The van der Waals surface area contributed by atoms with Gasteiger partial charge in [-0.25, -0.2) is 0 Å². The average molecular weight is 211 g/mol. The number of hydrogen-bond donors (Lipinski definition) is 2. The molecule has 15 heavy (non-hydrogen) atoms. The lowest BCUT2D eigenvalue weighted by molar-refractivity contribution is -0.121. The monoisotopic (exact) mass is 211 g/mol. The number of aliphatic hydroxyl groups is 1. The summed E-state index contributed by atoms with van der Waals surface area (Å²) in [6.45, 7) is 2.45. The van der Waals surface area contributed by atoms with Gasteiger partial charge in [-0.05, 0) is 31.9 Å². The molecule has 1 aromatic heterocycles. The summed E-state index contributed by atoms with van der Waals surface area (Å²) in [6, 6.07) is 3.72. The molecule has 0 bridgehead atoms. The van der Waals surface area contributed by atoms with E-state index < -0.39 is 0 Å². The summed E-state index contributed by atoms with van der Waals surface area (Å²) in [5.41, 5.74) is 0. The van der Waals surface area contributed by atoms with Crippen LogP contribution in [-0.2, 0) is 11.3 Å². The molecule has 0 aliphatic heterocycles. The first kappa shape index (κ1) is 11.8. The molecule has 0 saturated heterocycles. The van der Waals surface area contributed by atoms with Crippen LogP contribution in [0, 0.1) is 6.92 Å². The van der Waals surface area contributed by atoms with Crippen molar-refractivity contribution in [3.63, 3.8) is 0 Å². The van der Waals surface area contributed by atoms with Crippen LogP contribution in [0.5, 0.6) is 0 Å². The summed E-state index contributed by atoms with van der Waals surface area (Å²) >= 11 is 0. The number of amides is 1. The Morgan fingerprint density at radius 3 is 2.87 bits per heavy atom. The number of hydrogen-bond acceptors (Lipinski definition) is 3. The molecular weight excluding hydrogens is 194 g/mol. The maximum Gasteiger partial charge on any atom is 0.220 e. The van der Waals surface area contributed by atoms with Gasteiger partial charge in [0.2, 0.25) is 5.91 Å². The maximum atomic E-state index is 11.3. The zero-order valence-electron chi connectivity index (χ0n) is 8.95. The van der Waals surface area contributed by atoms with E-state index in [1.54, 1.807) is 0 Å².